The molecule has 3 aromatic carbocycles. The maximum Gasteiger partial charge on any atom is 0.307 e. The van der Waals surface area contributed by atoms with Gasteiger partial charge < -0.3 is 15.2 Å². The van der Waals surface area contributed by atoms with E-state index < -0.39 is 5.97 Å². The molecular weight excluding hydrogens is 451 g/mol. The second-order valence-electron chi connectivity index (χ2n) is 6.88. The Kier molecular flexibility index (Phi) is 7.72. The van der Waals surface area contributed by atoms with E-state index >= 15 is 0 Å². The van der Waals surface area contributed by atoms with Crippen LogP contribution in [-0.4, -0.2) is 23.5 Å². The fraction of sp³-hybridized carbons (Fsp3) is 0.125. The number of nitrogens with zero attached hydrogens (tertiary/aromatic N) is 1. The minimum absolute atomic E-state index is 0.178. The van der Waals surface area contributed by atoms with E-state index in [1.165, 1.54) is 6.07 Å². The highest BCUT2D eigenvalue weighted by Gasteiger charge is 2.10. The molecule has 3 aromatic rings. The molecule has 0 bridgehead atoms. The molecule has 0 spiro atoms. The summed E-state index contributed by atoms with van der Waals surface area (Å²) in [6.07, 6.45) is 0.390. The van der Waals surface area contributed by atoms with Crippen LogP contribution in [-0.2, 0) is 17.6 Å². The fourth-order valence-electron chi connectivity index (χ4n) is 2.98. The number of hydrogen-bond acceptors (Lipinski definition) is 4. The molecule has 2 N–H and O–H groups in total. The first-order valence-corrected chi connectivity index (χ1v) is 10.4. The molecule has 6 nitrogen and oxygen atoms in total. The van der Waals surface area contributed by atoms with Gasteiger partial charge in [0.25, 0.3) is 5.91 Å². The predicted molar refractivity (Wildman–Crippen MR) is 122 cm³/mol. The molecular formula is C24H18Cl2N2O4. The number of nitrogens with one attached hydrogen (secondary N) is 1. The van der Waals surface area contributed by atoms with E-state index in [9.17, 15) is 14.9 Å². The molecule has 8 heteroatoms. The van der Waals surface area contributed by atoms with E-state index in [2.05, 4.69) is 5.32 Å². The number of carbonyl (C=O) groups excluding carboxylic acids is 1. The van der Waals surface area contributed by atoms with Gasteiger partial charge >= 0.3 is 5.97 Å². The first-order valence-electron chi connectivity index (χ1n) is 9.60. The van der Waals surface area contributed by atoms with Crippen LogP contribution in [0.5, 0.6) is 11.5 Å². The zero-order valence-corrected chi connectivity index (χ0v) is 18.3. The predicted octanol–water partition coefficient (Wildman–Crippen LogP) is 5.26. The van der Waals surface area contributed by atoms with E-state index in [1.807, 2.05) is 12.1 Å². The molecule has 0 aliphatic rings. The van der Waals surface area contributed by atoms with Crippen molar-refractivity contribution < 1.29 is 19.4 Å². The Hall–Kier alpha value is -3.53. The Balaban J connectivity index is 1.59. The van der Waals surface area contributed by atoms with Gasteiger partial charge in [0.15, 0.2) is 0 Å². The fourth-order valence-corrected chi connectivity index (χ4v) is 3.48. The minimum atomic E-state index is -0.979. The number of carboxylic acid groups (broad SMARTS) is 1. The molecule has 0 aromatic heterocycles. The van der Waals surface area contributed by atoms with Crippen molar-refractivity contribution in [3.8, 4) is 17.6 Å². The molecule has 0 unspecified atom stereocenters. The second-order valence-corrected chi connectivity index (χ2v) is 7.72. The molecule has 0 saturated carbocycles. The van der Waals surface area contributed by atoms with Crippen LogP contribution < -0.4 is 10.1 Å². The number of halogens is 2. The quantitative estimate of drug-likeness (QED) is 0.469. The molecule has 32 heavy (non-hydrogen) atoms. The third-order valence-corrected chi connectivity index (χ3v) is 5.15. The maximum atomic E-state index is 12.4. The molecule has 0 aliphatic carbocycles. The normalized spacial score (nSPS) is 10.3. The number of amides is 1. The van der Waals surface area contributed by atoms with Gasteiger partial charge in [-0.25, -0.2) is 0 Å². The smallest absolute Gasteiger partial charge is 0.307 e. The molecule has 0 atom stereocenters. The van der Waals surface area contributed by atoms with Crippen molar-refractivity contribution in [3.63, 3.8) is 0 Å². The largest absolute Gasteiger partial charge is 0.481 e. The number of carboxylic acids is 1. The minimum Gasteiger partial charge on any atom is -0.481 e. The lowest BCUT2D eigenvalue weighted by atomic mass is 10.1. The van der Waals surface area contributed by atoms with Gasteiger partial charge in [0.2, 0.25) is 0 Å². The summed E-state index contributed by atoms with van der Waals surface area (Å²) in [5.41, 5.74) is 2.08. The lowest BCUT2D eigenvalue weighted by Gasteiger charge is -2.10. The number of nitriles is 1. The average Bonchev–Trinajstić information content (AvgIpc) is 2.76. The first kappa shape index (κ1) is 23.1. The van der Waals surface area contributed by atoms with Crippen molar-refractivity contribution >= 4 is 35.1 Å². The van der Waals surface area contributed by atoms with Crippen LogP contribution in [0.25, 0.3) is 0 Å². The summed E-state index contributed by atoms with van der Waals surface area (Å²) in [7, 11) is 0. The average molecular weight is 469 g/mol. The number of benzene rings is 3. The van der Waals surface area contributed by atoms with Crippen molar-refractivity contribution in [1.82, 2.24) is 5.32 Å². The highest BCUT2D eigenvalue weighted by Crippen LogP contribution is 2.26. The van der Waals surface area contributed by atoms with Crippen LogP contribution in [0.15, 0.2) is 60.7 Å². The van der Waals surface area contributed by atoms with Crippen molar-refractivity contribution in [2.75, 3.05) is 6.54 Å². The molecule has 0 radical (unpaired) electrons. The molecule has 3 rings (SSSR count). The van der Waals surface area contributed by atoms with Gasteiger partial charge in [-0.2, -0.15) is 5.26 Å². The van der Waals surface area contributed by atoms with Gasteiger partial charge in [0.1, 0.15) is 17.6 Å². The van der Waals surface area contributed by atoms with Crippen molar-refractivity contribution in [2.45, 2.75) is 12.8 Å². The number of rotatable bonds is 8. The Morgan fingerprint density at radius 1 is 1.03 bits per heavy atom. The highest BCUT2D eigenvalue weighted by molar-refractivity contribution is 6.35. The summed E-state index contributed by atoms with van der Waals surface area (Å²) < 4.78 is 5.73. The number of hydrogen-bond donors (Lipinski definition) is 2. The Bertz CT molecular complexity index is 1190. The molecule has 0 saturated heterocycles. The maximum absolute atomic E-state index is 12.4. The van der Waals surface area contributed by atoms with Gasteiger partial charge in [-0.3, -0.25) is 9.59 Å². The van der Waals surface area contributed by atoms with Gasteiger partial charge in [-0.05, 0) is 66.1 Å². The summed E-state index contributed by atoms with van der Waals surface area (Å²) in [6.45, 7) is 0.409. The molecule has 0 aliphatic heterocycles. The van der Waals surface area contributed by atoms with Gasteiger partial charge in [-0.1, -0.05) is 35.3 Å². The topological polar surface area (TPSA) is 99.4 Å². The van der Waals surface area contributed by atoms with Crippen LogP contribution in [0, 0.1) is 11.3 Å². The summed E-state index contributed by atoms with van der Waals surface area (Å²) in [4.78, 5) is 23.2. The monoisotopic (exact) mass is 468 g/mol. The lowest BCUT2D eigenvalue weighted by molar-refractivity contribution is -0.136. The van der Waals surface area contributed by atoms with E-state index in [4.69, 9.17) is 33.0 Å². The summed E-state index contributed by atoms with van der Waals surface area (Å²) in [5.74, 6) is -0.472. The van der Waals surface area contributed by atoms with Crippen molar-refractivity contribution in [3.05, 3.63) is 93.0 Å². The zero-order chi connectivity index (χ0) is 23.1. The number of aliphatic carboxylic acids is 1. The van der Waals surface area contributed by atoms with Gasteiger partial charge in [0, 0.05) is 22.2 Å². The molecule has 0 fully saturated rings. The summed E-state index contributed by atoms with van der Waals surface area (Å²) in [5, 5.41) is 22.2. The molecule has 1 amide bonds. The van der Waals surface area contributed by atoms with Crippen LogP contribution in [0.3, 0.4) is 0 Å². The molecule has 0 heterocycles. The number of carbonyl (C=O) groups is 2. The van der Waals surface area contributed by atoms with E-state index in [0.29, 0.717) is 45.6 Å². The third kappa shape index (κ3) is 6.24. The third-order valence-electron chi connectivity index (χ3n) is 4.56. The van der Waals surface area contributed by atoms with Gasteiger partial charge in [-0.15, -0.1) is 0 Å². The first-order chi connectivity index (χ1) is 15.4. The summed E-state index contributed by atoms with van der Waals surface area (Å²) in [6, 6.07) is 18.4. The lowest BCUT2D eigenvalue weighted by Crippen LogP contribution is -2.25. The van der Waals surface area contributed by atoms with Crippen LogP contribution in [0.4, 0.5) is 0 Å². The standard InChI is InChI=1S/C24H18Cl2N2O4/c25-19-5-2-16(21(26)13-19)9-10-28-24(31)17-3-6-20(7-4-17)32-22-8-1-15(12-23(29)30)11-18(22)14-27/h1-8,11,13H,9-10,12H2,(H,28,31)(H,29,30). The van der Waals surface area contributed by atoms with Crippen LogP contribution in [0.1, 0.15) is 27.0 Å². The summed E-state index contributed by atoms with van der Waals surface area (Å²) >= 11 is 12.0. The van der Waals surface area contributed by atoms with Gasteiger partial charge in [0.05, 0.1) is 12.0 Å². The van der Waals surface area contributed by atoms with Crippen molar-refractivity contribution in [1.29, 1.82) is 5.26 Å². The van der Waals surface area contributed by atoms with Crippen LogP contribution >= 0.6 is 23.2 Å². The van der Waals surface area contributed by atoms with Crippen molar-refractivity contribution in [2.24, 2.45) is 0 Å². The Labute approximate surface area is 195 Å². The second kappa shape index (κ2) is 10.7. The van der Waals surface area contributed by atoms with E-state index in [1.54, 1.807) is 48.5 Å². The van der Waals surface area contributed by atoms with E-state index in [0.717, 1.165) is 5.56 Å². The highest BCUT2D eigenvalue weighted by atomic mass is 35.5. The Morgan fingerprint density at radius 3 is 2.44 bits per heavy atom. The molecule has 162 valence electrons. The number of ether oxygens (including phenoxy) is 1. The zero-order valence-electron chi connectivity index (χ0n) is 16.8. The SMILES string of the molecule is N#Cc1cc(CC(=O)O)ccc1Oc1ccc(C(=O)NCCc2ccc(Cl)cc2Cl)cc1. The Morgan fingerprint density at radius 2 is 1.78 bits per heavy atom. The van der Waals surface area contributed by atoms with Crippen LogP contribution in [0.2, 0.25) is 10.0 Å². The van der Waals surface area contributed by atoms with E-state index in [-0.39, 0.29) is 17.9 Å².